The summed E-state index contributed by atoms with van der Waals surface area (Å²) in [6, 6.07) is 0.0689. The van der Waals surface area contributed by atoms with Gasteiger partial charge in [-0.3, -0.25) is 4.79 Å². The third kappa shape index (κ3) is 4.19. The Morgan fingerprint density at radius 1 is 1.30 bits per heavy atom. The van der Waals surface area contributed by atoms with Gasteiger partial charge in [-0.15, -0.1) is 22.6 Å². The van der Waals surface area contributed by atoms with Gasteiger partial charge in [-0.25, -0.2) is 0 Å². The molecular weight excluding hydrogens is 334 g/mol. The summed E-state index contributed by atoms with van der Waals surface area (Å²) in [6.45, 7) is 2.75. The molecule has 2 aliphatic heterocycles. The number of rotatable bonds is 4. The summed E-state index contributed by atoms with van der Waals surface area (Å²) in [5.74, 6) is 1.98. The number of thioether (sulfide) groups is 1. The largest absolute Gasteiger partial charge is 0.341 e. The molecule has 6 nitrogen and oxygen atoms in total. The molecule has 8 heteroatoms. The van der Waals surface area contributed by atoms with Gasteiger partial charge in [0.15, 0.2) is 5.16 Å². The van der Waals surface area contributed by atoms with Gasteiger partial charge < -0.3 is 14.8 Å². The standard InChI is InChI=1S/C15H25N5OS.ClH/c1-19-13(17-18-15(19)22-2)10-11-5-8-20(9-6-11)14(21)12-4-3-7-16-12;/h11-12,16H,3-10H2,1-2H3;1H/t12-;/m0./s1. The number of amides is 1. The lowest BCUT2D eigenvalue weighted by molar-refractivity contribution is -0.134. The topological polar surface area (TPSA) is 63.1 Å². The van der Waals surface area contributed by atoms with E-state index in [1.54, 1.807) is 11.8 Å². The molecule has 1 aromatic heterocycles. The first-order valence-corrected chi connectivity index (χ1v) is 9.36. The Morgan fingerprint density at radius 2 is 2.04 bits per heavy atom. The molecule has 2 aliphatic rings. The fourth-order valence-electron chi connectivity index (χ4n) is 3.43. The van der Waals surface area contributed by atoms with E-state index in [-0.39, 0.29) is 18.4 Å². The number of likely N-dealkylation sites (tertiary alicyclic amines) is 1. The zero-order chi connectivity index (χ0) is 15.5. The highest BCUT2D eigenvalue weighted by Gasteiger charge is 2.30. The molecule has 0 saturated carbocycles. The van der Waals surface area contributed by atoms with Gasteiger partial charge in [0.25, 0.3) is 0 Å². The van der Waals surface area contributed by atoms with E-state index in [9.17, 15) is 4.79 Å². The van der Waals surface area contributed by atoms with Crippen molar-refractivity contribution in [1.82, 2.24) is 25.0 Å². The molecule has 0 spiro atoms. The summed E-state index contributed by atoms with van der Waals surface area (Å²) in [6.07, 6.45) is 7.24. The van der Waals surface area contributed by atoms with E-state index in [0.717, 1.165) is 62.7 Å². The molecule has 1 N–H and O–H groups in total. The van der Waals surface area contributed by atoms with Gasteiger partial charge in [0.1, 0.15) is 5.82 Å². The smallest absolute Gasteiger partial charge is 0.239 e. The molecule has 3 rings (SSSR count). The summed E-state index contributed by atoms with van der Waals surface area (Å²) < 4.78 is 2.09. The quantitative estimate of drug-likeness (QED) is 0.825. The summed E-state index contributed by atoms with van der Waals surface area (Å²) in [5.41, 5.74) is 0. The zero-order valence-electron chi connectivity index (χ0n) is 13.8. The van der Waals surface area contributed by atoms with Gasteiger partial charge in [-0.2, -0.15) is 0 Å². The number of nitrogens with one attached hydrogen (secondary N) is 1. The molecular formula is C15H26ClN5OS. The molecule has 2 fully saturated rings. The van der Waals surface area contributed by atoms with Crippen molar-refractivity contribution in [1.29, 1.82) is 0 Å². The predicted octanol–water partition coefficient (Wildman–Crippen LogP) is 1.49. The maximum atomic E-state index is 12.4. The first kappa shape index (κ1) is 18.5. The van der Waals surface area contributed by atoms with Crippen LogP contribution in [0.2, 0.25) is 0 Å². The highest BCUT2D eigenvalue weighted by molar-refractivity contribution is 7.98. The van der Waals surface area contributed by atoms with Crippen LogP contribution in [-0.4, -0.2) is 57.5 Å². The lowest BCUT2D eigenvalue weighted by Gasteiger charge is -2.33. The van der Waals surface area contributed by atoms with Crippen LogP contribution in [0.15, 0.2) is 5.16 Å². The molecule has 130 valence electrons. The zero-order valence-corrected chi connectivity index (χ0v) is 15.5. The van der Waals surface area contributed by atoms with Crippen molar-refractivity contribution in [2.24, 2.45) is 13.0 Å². The fraction of sp³-hybridized carbons (Fsp3) is 0.800. The number of piperidine rings is 1. The minimum atomic E-state index is 0. The van der Waals surface area contributed by atoms with Gasteiger partial charge in [0.05, 0.1) is 6.04 Å². The maximum Gasteiger partial charge on any atom is 0.239 e. The summed E-state index contributed by atoms with van der Waals surface area (Å²) in [5, 5.41) is 12.8. The second-order valence-corrected chi connectivity index (χ2v) is 7.06. The van der Waals surface area contributed by atoms with E-state index in [1.165, 1.54) is 0 Å². The third-order valence-corrected chi connectivity index (χ3v) is 5.58. The predicted molar refractivity (Wildman–Crippen MR) is 94.1 cm³/mol. The van der Waals surface area contributed by atoms with Gasteiger partial charge in [-0.1, -0.05) is 11.8 Å². The van der Waals surface area contributed by atoms with E-state index < -0.39 is 0 Å². The average molecular weight is 360 g/mol. The lowest BCUT2D eigenvalue weighted by atomic mass is 9.93. The van der Waals surface area contributed by atoms with Crippen LogP contribution in [-0.2, 0) is 18.3 Å². The van der Waals surface area contributed by atoms with E-state index in [0.29, 0.717) is 11.8 Å². The molecule has 1 amide bonds. The minimum absolute atomic E-state index is 0. The van der Waals surface area contributed by atoms with Crippen LogP contribution in [0.5, 0.6) is 0 Å². The van der Waals surface area contributed by atoms with Crippen molar-refractivity contribution in [2.45, 2.75) is 43.3 Å². The van der Waals surface area contributed by atoms with Gasteiger partial charge >= 0.3 is 0 Å². The van der Waals surface area contributed by atoms with Crippen molar-refractivity contribution in [3.05, 3.63) is 5.82 Å². The fourth-order valence-corrected chi connectivity index (χ4v) is 3.93. The number of hydrogen-bond donors (Lipinski definition) is 1. The molecule has 0 aliphatic carbocycles. The van der Waals surface area contributed by atoms with E-state index in [1.807, 2.05) is 18.2 Å². The Bertz CT molecular complexity index is 524. The van der Waals surface area contributed by atoms with Gasteiger partial charge in [0, 0.05) is 26.6 Å². The molecule has 3 heterocycles. The summed E-state index contributed by atoms with van der Waals surface area (Å²) >= 11 is 1.63. The molecule has 0 bridgehead atoms. The molecule has 1 atom stereocenters. The molecule has 2 saturated heterocycles. The molecule has 1 aromatic rings. The van der Waals surface area contributed by atoms with E-state index in [2.05, 4.69) is 20.1 Å². The van der Waals surface area contributed by atoms with Crippen LogP contribution >= 0.6 is 24.2 Å². The van der Waals surface area contributed by atoms with Crippen LogP contribution in [0, 0.1) is 5.92 Å². The number of halogens is 1. The van der Waals surface area contributed by atoms with Crippen molar-refractivity contribution < 1.29 is 4.79 Å². The number of nitrogens with zero attached hydrogens (tertiary/aromatic N) is 4. The van der Waals surface area contributed by atoms with E-state index in [4.69, 9.17) is 0 Å². The van der Waals surface area contributed by atoms with Crippen LogP contribution < -0.4 is 5.32 Å². The minimum Gasteiger partial charge on any atom is -0.341 e. The van der Waals surface area contributed by atoms with Crippen LogP contribution in [0.1, 0.15) is 31.5 Å². The number of carbonyl (C=O) groups excluding carboxylic acids is 1. The second-order valence-electron chi connectivity index (χ2n) is 6.28. The number of aromatic nitrogens is 3. The Kier molecular flexibility index (Phi) is 6.73. The normalized spacial score (nSPS) is 22.2. The Labute approximate surface area is 148 Å². The van der Waals surface area contributed by atoms with Crippen LogP contribution in [0.3, 0.4) is 0 Å². The van der Waals surface area contributed by atoms with Gasteiger partial charge in [0.2, 0.25) is 5.91 Å². The monoisotopic (exact) mass is 359 g/mol. The average Bonchev–Trinajstić information content (AvgIpc) is 3.18. The maximum absolute atomic E-state index is 12.4. The molecule has 0 aromatic carbocycles. The van der Waals surface area contributed by atoms with Gasteiger partial charge in [-0.05, 0) is 44.4 Å². The number of carbonyl (C=O) groups is 1. The van der Waals surface area contributed by atoms with Crippen LogP contribution in [0.4, 0.5) is 0 Å². The SMILES string of the molecule is CSc1nnc(CC2CCN(C(=O)[C@@H]3CCCN3)CC2)n1C.Cl. The second kappa shape index (κ2) is 8.35. The molecule has 0 unspecified atom stereocenters. The summed E-state index contributed by atoms with van der Waals surface area (Å²) in [7, 11) is 2.03. The Hall–Kier alpha value is -0.790. The Balaban J connectivity index is 0.00000192. The summed E-state index contributed by atoms with van der Waals surface area (Å²) in [4.78, 5) is 14.4. The van der Waals surface area contributed by atoms with E-state index >= 15 is 0 Å². The van der Waals surface area contributed by atoms with Crippen molar-refractivity contribution in [3.63, 3.8) is 0 Å². The first-order chi connectivity index (χ1) is 10.7. The highest BCUT2D eigenvalue weighted by Crippen LogP contribution is 2.23. The number of hydrogen-bond acceptors (Lipinski definition) is 5. The first-order valence-electron chi connectivity index (χ1n) is 8.13. The van der Waals surface area contributed by atoms with Crippen molar-refractivity contribution >= 4 is 30.1 Å². The molecule has 0 radical (unpaired) electrons. The lowest BCUT2D eigenvalue weighted by Crippen LogP contribution is -2.47. The van der Waals surface area contributed by atoms with Crippen molar-refractivity contribution in [2.75, 3.05) is 25.9 Å². The Morgan fingerprint density at radius 3 is 2.61 bits per heavy atom. The van der Waals surface area contributed by atoms with Crippen molar-refractivity contribution in [3.8, 4) is 0 Å². The third-order valence-electron chi connectivity index (χ3n) is 4.86. The van der Waals surface area contributed by atoms with Crippen LogP contribution in [0.25, 0.3) is 0 Å². The molecule has 23 heavy (non-hydrogen) atoms. The highest BCUT2D eigenvalue weighted by atomic mass is 35.5.